The SMILES string of the molecule is N#C/C(=C/Nc1ccc(S(N)(=O)=O)cc1)C(=O)Nc1ccccc1Sc1ccccc1. The minimum Gasteiger partial charge on any atom is -0.360 e. The number of hydrogen-bond donors (Lipinski definition) is 3. The molecule has 3 rings (SSSR count). The third kappa shape index (κ3) is 6.20. The van der Waals surface area contributed by atoms with Crippen LogP contribution in [0, 0.1) is 11.3 Å². The van der Waals surface area contributed by atoms with Crippen molar-refractivity contribution in [2.45, 2.75) is 14.7 Å². The molecule has 0 aliphatic rings. The molecule has 0 bridgehead atoms. The van der Waals surface area contributed by atoms with Crippen LogP contribution in [0.5, 0.6) is 0 Å². The molecule has 31 heavy (non-hydrogen) atoms. The average Bonchev–Trinajstić information content (AvgIpc) is 2.76. The molecule has 0 atom stereocenters. The number of anilines is 2. The van der Waals surface area contributed by atoms with E-state index >= 15 is 0 Å². The van der Waals surface area contributed by atoms with Crippen molar-refractivity contribution in [3.05, 3.63) is 90.6 Å². The molecule has 7 nitrogen and oxygen atoms in total. The normalized spacial score (nSPS) is 11.4. The second-order valence-electron chi connectivity index (χ2n) is 6.25. The zero-order chi connectivity index (χ0) is 22.3. The Bertz CT molecular complexity index is 1250. The van der Waals surface area contributed by atoms with E-state index in [1.165, 1.54) is 42.2 Å². The maximum atomic E-state index is 12.6. The molecule has 0 aliphatic heterocycles. The number of benzene rings is 3. The Labute approximate surface area is 184 Å². The summed E-state index contributed by atoms with van der Waals surface area (Å²) in [5.41, 5.74) is 0.933. The molecular formula is C22H18N4O3S2. The van der Waals surface area contributed by atoms with Crippen LogP contribution in [0.1, 0.15) is 0 Å². The highest BCUT2D eigenvalue weighted by atomic mass is 32.2. The summed E-state index contributed by atoms with van der Waals surface area (Å²) in [6, 6.07) is 24.5. The molecule has 0 aromatic heterocycles. The molecule has 0 fully saturated rings. The third-order valence-electron chi connectivity index (χ3n) is 4.04. The van der Waals surface area contributed by atoms with Gasteiger partial charge in [-0.2, -0.15) is 5.26 Å². The number of nitrogens with two attached hydrogens (primary N) is 1. The van der Waals surface area contributed by atoms with Gasteiger partial charge in [-0.15, -0.1) is 0 Å². The molecule has 0 aliphatic carbocycles. The second kappa shape index (κ2) is 9.95. The van der Waals surface area contributed by atoms with Crippen LogP contribution in [0.25, 0.3) is 0 Å². The van der Waals surface area contributed by atoms with Crippen LogP contribution in [0.3, 0.4) is 0 Å². The molecule has 1 amide bonds. The first-order chi connectivity index (χ1) is 14.9. The number of amides is 1. The Hall–Kier alpha value is -3.58. The lowest BCUT2D eigenvalue weighted by Gasteiger charge is -2.10. The highest BCUT2D eigenvalue weighted by molar-refractivity contribution is 7.99. The fourth-order valence-electron chi connectivity index (χ4n) is 2.51. The van der Waals surface area contributed by atoms with Crippen LogP contribution in [-0.4, -0.2) is 14.3 Å². The monoisotopic (exact) mass is 450 g/mol. The Morgan fingerprint density at radius 2 is 1.61 bits per heavy atom. The van der Waals surface area contributed by atoms with Gasteiger partial charge in [0.25, 0.3) is 5.91 Å². The summed E-state index contributed by atoms with van der Waals surface area (Å²) in [7, 11) is -3.79. The van der Waals surface area contributed by atoms with Crippen molar-refractivity contribution in [2.75, 3.05) is 10.6 Å². The number of nitrogens with zero attached hydrogens (tertiary/aromatic N) is 1. The van der Waals surface area contributed by atoms with Crippen LogP contribution in [0.4, 0.5) is 11.4 Å². The van der Waals surface area contributed by atoms with Crippen LogP contribution in [0.15, 0.2) is 105 Å². The van der Waals surface area contributed by atoms with Crippen molar-refractivity contribution in [1.82, 2.24) is 0 Å². The first-order valence-corrected chi connectivity index (χ1v) is 11.4. The summed E-state index contributed by atoms with van der Waals surface area (Å²) in [6.45, 7) is 0. The Balaban J connectivity index is 1.72. The van der Waals surface area contributed by atoms with Gasteiger partial charge < -0.3 is 10.6 Å². The van der Waals surface area contributed by atoms with Gasteiger partial charge in [-0.25, -0.2) is 13.6 Å². The van der Waals surface area contributed by atoms with E-state index in [2.05, 4.69) is 10.6 Å². The predicted molar refractivity (Wildman–Crippen MR) is 121 cm³/mol. The number of nitrogens with one attached hydrogen (secondary N) is 2. The first kappa shape index (κ1) is 22.1. The van der Waals surface area contributed by atoms with Gasteiger partial charge in [0.15, 0.2) is 0 Å². The number of nitriles is 1. The molecule has 0 saturated heterocycles. The van der Waals surface area contributed by atoms with Gasteiger partial charge in [0.1, 0.15) is 11.6 Å². The molecule has 0 unspecified atom stereocenters. The molecular weight excluding hydrogens is 432 g/mol. The quantitative estimate of drug-likeness (QED) is 0.370. The fraction of sp³-hybridized carbons (Fsp3) is 0. The standard InChI is InChI=1S/C22H18N4O3S2/c23-14-16(15-25-17-10-12-19(13-11-17)31(24,28)29)22(27)26-20-8-4-5-9-21(20)30-18-6-2-1-3-7-18/h1-13,15,25H,(H,26,27)(H2,24,28,29)/b16-15-. The lowest BCUT2D eigenvalue weighted by Crippen LogP contribution is -2.15. The van der Waals surface area contributed by atoms with Gasteiger partial charge in [0, 0.05) is 21.7 Å². The lowest BCUT2D eigenvalue weighted by molar-refractivity contribution is -0.112. The van der Waals surface area contributed by atoms with Crippen molar-refractivity contribution in [3.63, 3.8) is 0 Å². The maximum absolute atomic E-state index is 12.6. The molecule has 3 aromatic rings. The number of para-hydroxylation sites is 1. The van der Waals surface area contributed by atoms with Crippen molar-refractivity contribution in [1.29, 1.82) is 5.26 Å². The maximum Gasteiger partial charge on any atom is 0.267 e. The Kier molecular flexibility index (Phi) is 7.10. The fourth-order valence-corrected chi connectivity index (χ4v) is 3.95. The molecule has 0 radical (unpaired) electrons. The second-order valence-corrected chi connectivity index (χ2v) is 8.93. The first-order valence-electron chi connectivity index (χ1n) is 9.00. The van der Waals surface area contributed by atoms with Crippen LogP contribution < -0.4 is 15.8 Å². The minimum absolute atomic E-state index is 0.0344. The van der Waals surface area contributed by atoms with Gasteiger partial charge in [0.2, 0.25) is 10.0 Å². The molecule has 9 heteroatoms. The largest absolute Gasteiger partial charge is 0.360 e. The van der Waals surface area contributed by atoms with Crippen LogP contribution in [-0.2, 0) is 14.8 Å². The van der Waals surface area contributed by atoms with E-state index in [0.717, 1.165) is 9.79 Å². The van der Waals surface area contributed by atoms with E-state index in [0.29, 0.717) is 11.4 Å². The number of carbonyl (C=O) groups is 1. The number of sulfonamides is 1. The smallest absolute Gasteiger partial charge is 0.267 e. The van der Waals surface area contributed by atoms with E-state index < -0.39 is 15.9 Å². The molecule has 0 saturated carbocycles. The van der Waals surface area contributed by atoms with E-state index in [4.69, 9.17) is 5.14 Å². The third-order valence-corrected chi connectivity index (χ3v) is 6.05. The Morgan fingerprint density at radius 3 is 2.26 bits per heavy atom. The van der Waals surface area contributed by atoms with E-state index in [-0.39, 0.29) is 10.5 Å². The summed E-state index contributed by atoms with van der Waals surface area (Å²) in [5.74, 6) is -0.572. The molecule has 3 aromatic carbocycles. The van der Waals surface area contributed by atoms with Gasteiger partial charge in [-0.1, -0.05) is 42.1 Å². The number of carbonyl (C=O) groups excluding carboxylic acids is 1. The highest BCUT2D eigenvalue weighted by Gasteiger charge is 2.13. The zero-order valence-electron chi connectivity index (χ0n) is 16.1. The minimum atomic E-state index is -3.79. The summed E-state index contributed by atoms with van der Waals surface area (Å²) < 4.78 is 22.6. The van der Waals surface area contributed by atoms with Crippen LogP contribution in [0.2, 0.25) is 0 Å². The topological polar surface area (TPSA) is 125 Å². The summed E-state index contributed by atoms with van der Waals surface area (Å²) in [6.07, 6.45) is 1.26. The summed E-state index contributed by atoms with van der Waals surface area (Å²) in [5, 5.41) is 20.0. The average molecular weight is 451 g/mol. The summed E-state index contributed by atoms with van der Waals surface area (Å²) >= 11 is 1.50. The van der Waals surface area contributed by atoms with Crippen molar-refractivity contribution in [3.8, 4) is 6.07 Å². The highest BCUT2D eigenvalue weighted by Crippen LogP contribution is 2.33. The molecule has 156 valence electrons. The van der Waals surface area contributed by atoms with E-state index in [1.54, 1.807) is 12.1 Å². The number of hydrogen-bond acceptors (Lipinski definition) is 6. The zero-order valence-corrected chi connectivity index (χ0v) is 17.8. The van der Waals surface area contributed by atoms with Gasteiger partial charge >= 0.3 is 0 Å². The van der Waals surface area contributed by atoms with E-state index in [9.17, 15) is 18.5 Å². The summed E-state index contributed by atoms with van der Waals surface area (Å²) in [4.78, 5) is 14.4. The number of primary sulfonamides is 1. The number of rotatable bonds is 7. The predicted octanol–water partition coefficient (Wildman–Crippen LogP) is 3.94. The Morgan fingerprint density at radius 1 is 0.968 bits per heavy atom. The van der Waals surface area contributed by atoms with Gasteiger partial charge in [-0.3, -0.25) is 4.79 Å². The van der Waals surface area contributed by atoms with Crippen molar-refractivity contribution >= 4 is 39.1 Å². The van der Waals surface area contributed by atoms with Crippen LogP contribution >= 0.6 is 11.8 Å². The van der Waals surface area contributed by atoms with E-state index in [1.807, 2.05) is 48.5 Å². The van der Waals surface area contributed by atoms with Gasteiger partial charge in [0.05, 0.1) is 10.6 Å². The molecule has 4 N–H and O–H groups in total. The lowest BCUT2D eigenvalue weighted by atomic mass is 10.2. The van der Waals surface area contributed by atoms with Gasteiger partial charge in [-0.05, 0) is 48.5 Å². The molecule has 0 spiro atoms. The van der Waals surface area contributed by atoms with Crippen molar-refractivity contribution in [2.24, 2.45) is 5.14 Å². The molecule has 0 heterocycles. The van der Waals surface area contributed by atoms with Crippen molar-refractivity contribution < 1.29 is 13.2 Å².